The van der Waals surface area contributed by atoms with Gasteiger partial charge in [-0.1, -0.05) is 29.8 Å². The summed E-state index contributed by atoms with van der Waals surface area (Å²) < 4.78 is 0. The van der Waals surface area contributed by atoms with Crippen LogP contribution < -0.4 is 5.32 Å². The van der Waals surface area contributed by atoms with Crippen LogP contribution in [-0.2, 0) is 22.7 Å². The number of amides is 2. The highest BCUT2D eigenvalue weighted by atomic mass is 35.5. The summed E-state index contributed by atoms with van der Waals surface area (Å²) >= 11 is 6.15. The highest BCUT2D eigenvalue weighted by Gasteiger charge is 2.17. The number of nitrogens with zero attached hydrogens (tertiary/aromatic N) is 3. The molecule has 7 heteroatoms. The van der Waals surface area contributed by atoms with Gasteiger partial charge in [0.15, 0.2) is 0 Å². The van der Waals surface area contributed by atoms with Crippen molar-refractivity contribution in [1.29, 1.82) is 0 Å². The summed E-state index contributed by atoms with van der Waals surface area (Å²) in [5, 5.41) is 3.43. The van der Waals surface area contributed by atoms with Crippen molar-refractivity contribution in [3.63, 3.8) is 0 Å². The number of benzene rings is 1. The van der Waals surface area contributed by atoms with Gasteiger partial charge in [0, 0.05) is 43.0 Å². The molecule has 1 aliphatic heterocycles. The van der Waals surface area contributed by atoms with Gasteiger partial charge in [-0.2, -0.15) is 0 Å². The monoisotopic (exact) mass is 384 g/mol. The normalized spacial score (nSPS) is 14.6. The largest absolute Gasteiger partial charge is 0.338 e. The van der Waals surface area contributed by atoms with Gasteiger partial charge < -0.3 is 10.2 Å². The summed E-state index contributed by atoms with van der Waals surface area (Å²) in [6, 6.07) is 9.40. The van der Waals surface area contributed by atoms with E-state index in [0.717, 1.165) is 16.7 Å². The molecule has 0 fully saturated rings. The van der Waals surface area contributed by atoms with E-state index in [4.69, 9.17) is 11.6 Å². The minimum absolute atomic E-state index is 0.0802. The number of carbonyl (C=O) groups is 2. The molecule has 0 saturated carbocycles. The molecule has 6 nitrogen and oxygen atoms in total. The van der Waals surface area contributed by atoms with Gasteiger partial charge in [-0.05, 0) is 36.4 Å². The van der Waals surface area contributed by atoms with Gasteiger partial charge in [0.1, 0.15) is 5.82 Å². The SMILES string of the molecule is CN1CC(=O)Nc2ncc(/C=C/C(=O)N(C)Cc3ccccc3Cl)cc2C1. The molecule has 2 heterocycles. The third-order valence-electron chi connectivity index (χ3n) is 4.26. The van der Waals surface area contributed by atoms with E-state index >= 15 is 0 Å². The van der Waals surface area contributed by atoms with Crippen molar-refractivity contribution in [3.8, 4) is 0 Å². The molecule has 0 radical (unpaired) electrons. The Morgan fingerprint density at radius 3 is 2.93 bits per heavy atom. The topological polar surface area (TPSA) is 65.5 Å². The second-order valence-electron chi connectivity index (χ2n) is 6.62. The lowest BCUT2D eigenvalue weighted by molar-refractivity contribution is -0.125. The van der Waals surface area contributed by atoms with E-state index in [1.807, 2.05) is 42.3 Å². The number of anilines is 1. The number of carbonyl (C=O) groups excluding carboxylic acids is 2. The molecule has 1 aromatic carbocycles. The number of rotatable bonds is 4. The van der Waals surface area contributed by atoms with Gasteiger partial charge in [-0.3, -0.25) is 14.5 Å². The first kappa shape index (κ1) is 19.1. The number of aromatic nitrogens is 1. The van der Waals surface area contributed by atoms with Crippen LogP contribution in [0.4, 0.5) is 5.82 Å². The summed E-state index contributed by atoms with van der Waals surface area (Å²) in [7, 11) is 3.61. The van der Waals surface area contributed by atoms with Crippen LogP contribution in [0.15, 0.2) is 42.6 Å². The molecule has 1 aliphatic rings. The lowest BCUT2D eigenvalue weighted by Gasteiger charge is -2.16. The predicted molar refractivity (Wildman–Crippen MR) is 106 cm³/mol. The van der Waals surface area contributed by atoms with E-state index in [9.17, 15) is 9.59 Å². The van der Waals surface area contributed by atoms with Crippen LogP contribution in [0.25, 0.3) is 6.08 Å². The van der Waals surface area contributed by atoms with Crippen molar-refractivity contribution in [1.82, 2.24) is 14.8 Å². The first-order valence-corrected chi connectivity index (χ1v) is 8.94. The molecule has 3 rings (SSSR count). The number of hydrogen-bond donors (Lipinski definition) is 1. The Kier molecular flexibility index (Phi) is 5.88. The summed E-state index contributed by atoms with van der Waals surface area (Å²) in [6.07, 6.45) is 4.88. The third kappa shape index (κ3) is 4.93. The fourth-order valence-electron chi connectivity index (χ4n) is 2.87. The fraction of sp³-hybridized carbons (Fsp3) is 0.250. The van der Waals surface area contributed by atoms with Crippen LogP contribution in [0.2, 0.25) is 5.02 Å². The number of fused-ring (bicyclic) bond motifs is 1. The van der Waals surface area contributed by atoms with E-state index in [-0.39, 0.29) is 11.8 Å². The maximum atomic E-state index is 12.4. The van der Waals surface area contributed by atoms with Crippen LogP contribution in [0.1, 0.15) is 16.7 Å². The Bertz CT molecular complexity index is 897. The van der Waals surface area contributed by atoms with Crippen molar-refractivity contribution in [2.45, 2.75) is 13.1 Å². The van der Waals surface area contributed by atoms with Crippen LogP contribution in [0.5, 0.6) is 0 Å². The standard InChI is InChI=1S/C20H21ClN4O2/c1-24-11-16-9-14(10-22-20(16)23-18(26)13-24)7-8-19(27)25(2)12-15-5-3-4-6-17(15)21/h3-10H,11-13H2,1-2H3,(H,22,23,26)/b8-7+. The zero-order valence-corrected chi connectivity index (χ0v) is 16.0. The third-order valence-corrected chi connectivity index (χ3v) is 4.63. The molecule has 140 valence electrons. The maximum absolute atomic E-state index is 12.4. The first-order valence-electron chi connectivity index (χ1n) is 8.56. The molecule has 1 aromatic heterocycles. The van der Waals surface area contributed by atoms with Crippen LogP contribution in [0.3, 0.4) is 0 Å². The number of halogens is 1. The van der Waals surface area contributed by atoms with Gasteiger partial charge in [0.05, 0.1) is 6.54 Å². The molecule has 0 spiro atoms. The van der Waals surface area contributed by atoms with Crippen LogP contribution in [-0.4, -0.2) is 47.2 Å². The molecule has 27 heavy (non-hydrogen) atoms. The summed E-state index contributed by atoms with van der Waals surface area (Å²) in [5.41, 5.74) is 2.62. The summed E-state index contributed by atoms with van der Waals surface area (Å²) in [6.45, 7) is 1.37. The molecule has 0 bridgehead atoms. The molecular weight excluding hydrogens is 364 g/mol. The quantitative estimate of drug-likeness (QED) is 0.823. The van der Waals surface area contributed by atoms with Crippen molar-refractivity contribution in [2.75, 3.05) is 26.0 Å². The van der Waals surface area contributed by atoms with Gasteiger partial charge in [0.25, 0.3) is 0 Å². The number of hydrogen-bond acceptors (Lipinski definition) is 4. The van der Waals surface area contributed by atoms with E-state index in [1.165, 1.54) is 6.08 Å². The zero-order valence-electron chi connectivity index (χ0n) is 15.3. The Morgan fingerprint density at radius 1 is 1.37 bits per heavy atom. The second kappa shape index (κ2) is 8.33. The van der Waals surface area contributed by atoms with Crippen molar-refractivity contribution in [2.24, 2.45) is 0 Å². The zero-order chi connectivity index (χ0) is 19.4. The number of pyridine rings is 1. The van der Waals surface area contributed by atoms with E-state index in [1.54, 1.807) is 24.2 Å². The lowest BCUT2D eigenvalue weighted by atomic mass is 10.1. The van der Waals surface area contributed by atoms with Crippen molar-refractivity contribution in [3.05, 3.63) is 64.3 Å². The minimum Gasteiger partial charge on any atom is -0.338 e. The highest BCUT2D eigenvalue weighted by molar-refractivity contribution is 6.31. The first-order chi connectivity index (χ1) is 12.9. The second-order valence-corrected chi connectivity index (χ2v) is 7.02. The predicted octanol–water partition coefficient (Wildman–Crippen LogP) is 2.79. The smallest absolute Gasteiger partial charge is 0.246 e. The van der Waals surface area contributed by atoms with Crippen LogP contribution in [0, 0.1) is 0 Å². The van der Waals surface area contributed by atoms with Gasteiger partial charge >= 0.3 is 0 Å². The summed E-state index contributed by atoms with van der Waals surface area (Å²) in [5.74, 6) is 0.363. The molecular formula is C20H21ClN4O2. The van der Waals surface area contributed by atoms with E-state index < -0.39 is 0 Å². The Balaban J connectivity index is 1.69. The molecule has 1 N–H and O–H groups in total. The summed E-state index contributed by atoms with van der Waals surface area (Å²) in [4.78, 5) is 31.9. The average Bonchev–Trinajstić information content (AvgIpc) is 2.77. The molecule has 0 aliphatic carbocycles. The number of nitrogens with one attached hydrogen (secondary N) is 1. The molecule has 0 unspecified atom stereocenters. The van der Waals surface area contributed by atoms with E-state index in [2.05, 4.69) is 10.3 Å². The molecule has 2 aromatic rings. The minimum atomic E-state index is -0.129. The molecule has 0 saturated heterocycles. The van der Waals surface area contributed by atoms with Crippen LogP contribution >= 0.6 is 11.6 Å². The van der Waals surface area contributed by atoms with Gasteiger partial charge in [0.2, 0.25) is 11.8 Å². The molecule has 2 amide bonds. The number of likely N-dealkylation sites (N-methyl/N-ethyl adjacent to an activating group) is 2. The van der Waals surface area contributed by atoms with Crippen molar-refractivity contribution >= 4 is 35.3 Å². The van der Waals surface area contributed by atoms with E-state index in [0.29, 0.717) is 30.5 Å². The lowest BCUT2D eigenvalue weighted by Crippen LogP contribution is -2.26. The fourth-order valence-corrected chi connectivity index (χ4v) is 3.07. The van der Waals surface area contributed by atoms with Gasteiger partial charge in [-0.15, -0.1) is 0 Å². The van der Waals surface area contributed by atoms with Gasteiger partial charge in [-0.25, -0.2) is 4.98 Å². The highest BCUT2D eigenvalue weighted by Crippen LogP contribution is 2.20. The Morgan fingerprint density at radius 2 is 2.15 bits per heavy atom. The Hall–Kier alpha value is -2.70. The average molecular weight is 385 g/mol. The molecule has 0 atom stereocenters. The maximum Gasteiger partial charge on any atom is 0.246 e. The Labute approximate surface area is 163 Å². The van der Waals surface area contributed by atoms with Crippen molar-refractivity contribution < 1.29 is 9.59 Å².